The molecule has 0 saturated heterocycles. The number of aliphatic hydroxyl groups is 1. The Balaban J connectivity index is 2.40. The zero-order valence-corrected chi connectivity index (χ0v) is 17.5. The van der Waals surface area contributed by atoms with Gasteiger partial charge in [-0.2, -0.15) is 26.3 Å². The third kappa shape index (κ3) is 3.45. The number of ether oxygens (including phenoxy) is 1. The molecule has 0 aliphatic heterocycles. The second kappa shape index (κ2) is 7.02. The second-order valence-electron chi connectivity index (χ2n) is 9.62. The largest absolute Gasteiger partial charge is 0.455 e. The Hall–Kier alpha value is -0.990. The van der Waals surface area contributed by atoms with Crippen molar-refractivity contribution < 1.29 is 41.0 Å². The molecular weight excluding hydrogens is 402 g/mol. The Kier molecular flexibility index (Phi) is 5.88. The molecule has 0 aromatic carbocycles. The topological polar surface area (TPSA) is 46.5 Å². The monoisotopic (exact) mass is 432 g/mol. The molecule has 3 nitrogen and oxygen atoms in total. The van der Waals surface area contributed by atoms with Crippen molar-refractivity contribution in [3.05, 3.63) is 0 Å². The van der Waals surface area contributed by atoms with Gasteiger partial charge in [0.2, 0.25) is 0 Å². The number of carbonyl (C=O) groups excluding carboxylic acids is 1. The van der Waals surface area contributed by atoms with E-state index in [0.29, 0.717) is 32.6 Å². The predicted octanol–water partition coefficient (Wildman–Crippen LogP) is 5.51. The van der Waals surface area contributed by atoms with Crippen molar-refractivity contribution in [2.75, 3.05) is 0 Å². The maximum absolute atomic E-state index is 13.3. The highest BCUT2D eigenvalue weighted by Gasteiger charge is 2.79. The summed E-state index contributed by atoms with van der Waals surface area (Å²) in [6.07, 6.45) is -10.3. The van der Waals surface area contributed by atoms with Crippen LogP contribution < -0.4 is 0 Å². The van der Waals surface area contributed by atoms with Gasteiger partial charge in [0.25, 0.3) is 5.60 Å². The molecule has 2 bridgehead atoms. The van der Waals surface area contributed by atoms with Gasteiger partial charge in [-0.05, 0) is 63.2 Å². The summed E-state index contributed by atoms with van der Waals surface area (Å²) in [5.41, 5.74) is -9.63. The minimum atomic E-state index is -6.07. The van der Waals surface area contributed by atoms with E-state index in [4.69, 9.17) is 4.74 Å². The molecule has 2 fully saturated rings. The number of esters is 1. The van der Waals surface area contributed by atoms with Crippen LogP contribution in [0.1, 0.15) is 60.8 Å². The van der Waals surface area contributed by atoms with E-state index in [1.807, 2.05) is 6.92 Å². The fourth-order valence-corrected chi connectivity index (χ4v) is 5.76. The lowest BCUT2D eigenvalue weighted by atomic mass is 9.63. The molecule has 0 spiro atoms. The van der Waals surface area contributed by atoms with Crippen LogP contribution in [0.4, 0.5) is 26.3 Å². The summed E-state index contributed by atoms with van der Waals surface area (Å²) >= 11 is 0. The van der Waals surface area contributed by atoms with Gasteiger partial charge in [0.05, 0.1) is 5.41 Å². The zero-order chi connectivity index (χ0) is 22.8. The molecule has 0 amide bonds. The molecular formula is C20H30F6O3. The van der Waals surface area contributed by atoms with Crippen molar-refractivity contribution in [1.29, 1.82) is 0 Å². The van der Waals surface area contributed by atoms with Crippen LogP contribution in [0.15, 0.2) is 0 Å². The van der Waals surface area contributed by atoms with Gasteiger partial charge in [-0.1, -0.05) is 27.2 Å². The van der Waals surface area contributed by atoms with E-state index >= 15 is 0 Å². The molecule has 2 aliphatic carbocycles. The van der Waals surface area contributed by atoms with E-state index in [9.17, 15) is 36.2 Å². The Morgan fingerprint density at radius 2 is 1.55 bits per heavy atom. The van der Waals surface area contributed by atoms with Crippen molar-refractivity contribution in [3.8, 4) is 0 Å². The summed E-state index contributed by atoms with van der Waals surface area (Å²) in [5.74, 6) is -0.440. The molecule has 2 rings (SSSR count). The van der Waals surface area contributed by atoms with Gasteiger partial charge in [-0.25, -0.2) is 0 Å². The predicted molar refractivity (Wildman–Crippen MR) is 93.7 cm³/mol. The van der Waals surface area contributed by atoms with Crippen molar-refractivity contribution >= 4 is 5.97 Å². The third-order valence-corrected chi connectivity index (χ3v) is 7.80. The van der Waals surface area contributed by atoms with Gasteiger partial charge >= 0.3 is 18.3 Å². The molecule has 0 heterocycles. The molecule has 6 atom stereocenters. The summed E-state index contributed by atoms with van der Waals surface area (Å²) in [7, 11) is 0. The zero-order valence-electron chi connectivity index (χ0n) is 17.5. The number of hydrogen-bond donors (Lipinski definition) is 1. The van der Waals surface area contributed by atoms with Crippen molar-refractivity contribution in [3.63, 3.8) is 0 Å². The Morgan fingerprint density at radius 3 is 1.97 bits per heavy atom. The maximum atomic E-state index is 13.3. The van der Waals surface area contributed by atoms with E-state index in [-0.39, 0.29) is 23.7 Å². The fraction of sp³-hybridized carbons (Fsp3) is 0.950. The fourth-order valence-electron chi connectivity index (χ4n) is 5.76. The van der Waals surface area contributed by atoms with Gasteiger partial charge in [0.15, 0.2) is 5.60 Å². The Labute approximate surface area is 167 Å². The molecule has 0 aromatic heterocycles. The van der Waals surface area contributed by atoms with Crippen LogP contribution in [0.2, 0.25) is 0 Å². The van der Waals surface area contributed by atoms with E-state index in [1.165, 1.54) is 0 Å². The SMILES string of the molecule is CCC1C(C)C(C)C2CC1C(C)(C(=O)OC(C)(C)C(O)(C(F)(F)F)C(F)(F)F)C2. The summed E-state index contributed by atoms with van der Waals surface area (Å²) in [4.78, 5) is 13.0. The number of halogens is 6. The number of alkyl halides is 6. The lowest BCUT2D eigenvalue weighted by Gasteiger charge is -2.46. The molecule has 0 aromatic rings. The molecule has 29 heavy (non-hydrogen) atoms. The van der Waals surface area contributed by atoms with Crippen molar-refractivity contribution in [2.45, 2.75) is 84.4 Å². The first kappa shape index (κ1) is 24.3. The summed E-state index contributed by atoms with van der Waals surface area (Å²) in [6.45, 7) is 8.60. The number of fused-ring (bicyclic) bond motifs is 2. The average Bonchev–Trinajstić information content (AvgIpc) is 2.86. The summed E-state index contributed by atoms with van der Waals surface area (Å²) in [6, 6.07) is 0. The van der Waals surface area contributed by atoms with Crippen LogP contribution in [0.3, 0.4) is 0 Å². The lowest BCUT2D eigenvalue weighted by molar-refractivity contribution is -0.408. The van der Waals surface area contributed by atoms with E-state index in [2.05, 4.69) is 13.8 Å². The number of carbonyl (C=O) groups is 1. The van der Waals surface area contributed by atoms with Crippen molar-refractivity contribution in [1.82, 2.24) is 0 Å². The smallest absolute Gasteiger partial charge is 0.430 e. The Morgan fingerprint density at radius 1 is 1.07 bits per heavy atom. The first-order valence-electron chi connectivity index (χ1n) is 9.94. The molecule has 2 saturated carbocycles. The molecule has 1 N–H and O–H groups in total. The van der Waals surface area contributed by atoms with Crippen LogP contribution in [0.5, 0.6) is 0 Å². The molecule has 9 heteroatoms. The van der Waals surface area contributed by atoms with Crippen LogP contribution >= 0.6 is 0 Å². The molecule has 6 unspecified atom stereocenters. The average molecular weight is 432 g/mol. The maximum Gasteiger partial charge on any atom is 0.430 e. The minimum Gasteiger partial charge on any atom is -0.455 e. The minimum absolute atomic E-state index is 0.119. The first-order valence-corrected chi connectivity index (χ1v) is 9.94. The number of rotatable bonds is 4. The van der Waals surface area contributed by atoms with Crippen molar-refractivity contribution in [2.24, 2.45) is 35.0 Å². The highest BCUT2D eigenvalue weighted by atomic mass is 19.4. The standard InChI is InChI=1S/C20H30F6O3/c1-7-13-11(3)10(2)12-8-14(13)17(6,9-12)15(27)29-16(4,5)18(28,19(21,22)23)20(24,25)26/h10-14,28H,7-9H2,1-6H3. The molecule has 170 valence electrons. The summed E-state index contributed by atoms with van der Waals surface area (Å²) < 4.78 is 84.6. The molecule has 0 radical (unpaired) electrons. The highest BCUT2D eigenvalue weighted by molar-refractivity contribution is 5.78. The highest BCUT2D eigenvalue weighted by Crippen LogP contribution is 2.61. The van der Waals surface area contributed by atoms with E-state index < -0.39 is 34.9 Å². The quantitative estimate of drug-likeness (QED) is 0.471. The van der Waals surface area contributed by atoms with Gasteiger partial charge in [-0.3, -0.25) is 4.79 Å². The Bertz CT molecular complexity index is 627. The van der Waals surface area contributed by atoms with Crippen LogP contribution in [0, 0.1) is 35.0 Å². The normalized spacial score (nSPS) is 36.2. The number of hydrogen-bond acceptors (Lipinski definition) is 3. The van der Waals surface area contributed by atoms with Gasteiger partial charge < -0.3 is 9.84 Å². The van der Waals surface area contributed by atoms with Crippen LogP contribution in [0.25, 0.3) is 0 Å². The molecule has 2 aliphatic rings. The first-order chi connectivity index (χ1) is 12.8. The van der Waals surface area contributed by atoms with Gasteiger partial charge in [-0.15, -0.1) is 0 Å². The van der Waals surface area contributed by atoms with E-state index in [0.717, 1.165) is 6.42 Å². The third-order valence-electron chi connectivity index (χ3n) is 7.80. The van der Waals surface area contributed by atoms with Gasteiger partial charge in [0.1, 0.15) is 0 Å². The lowest BCUT2D eigenvalue weighted by Crippen LogP contribution is -2.70. The van der Waals surface area contributed by atoms with Gasteiger partial charge in [0, 0.05) is 0 Å². The van der Waals surface area contributed by atoms with E-state index in [1.54, 1.807) is 6.92 Å². The van der Waals surface area contributed by atoms with Crippen LogP contribution in [-0.4, -0.2) is 34.6 Å². The second-order valence-corrected chi connectivity index (χ2v) is 9.62. The van der Waals surface area contributed by atoms with Crippen LogP contribution in [-0.2, 0) is 9.53 Å². The summed E-state index contributed by atoms with van der Waals surface area (Å²) in [5, 5.41) is 9.73.